The van der Waals surface area contributed by atoms with Gasteiger partial charge in [-0.2, -0.15) is 15.1 Å². The number of anilines is 1. The first kappa shape index (κ1) is 13.0. The van der Waals surface area contributed by atoms with Crippen molar-refractivity contribution in [2.75, 3.05) is 19.5 Å². The van der Waals surface area contributed by atoms with Crippen LogP contribution in [-0.4, -0.2) is 55.9 Å². The lowest BCUT2D eigenvalue weighted by atomic mass is 10.2. The van der Waals surface area contributed by atoms with Crippen LogP contribution in [0, 0.1) is 0 Å². The van der Waals surface area contributed by atoms with Gasteiger partial charge in [-0.25, -0.2) is 4.68 Å². The molecule has 0 unspecified atom stereocenters. The van der Waals surface area contributed by atoms with Crippen LogP contribution in [0.2, 0.25) is 0 Å². The summed E-state index contributed by atoms with van der Waals surface area (Å²) in [4.78, 5) is 8.09. The van der Waals surface area contributed by atoms with Gasteiger partial charge in [-0.3, -0.25) is 0 Å². The summed E-state index contributed by atoms with van der Waals surface area (Å²) >= 11 is 0. The fourth-order valence-electron chi connectivity index (χ4n) is 2.31. The molecule has 1 aliphatic rings. The third-order valence-corrected chi connectivity index (χ3v) is 3.29. The summed E-state index contributed by atoms with van der Waals surface area (Å²) < 4.78 is 12.2. The maximum absolute atomic E-state index is 9.78. The topological polar surface area (TPSA) is 129 Å². The van der Waals surface area contributed by atoms with E-state index in [9.17, 15) is 5.11 Å². The van der Waals surface area contributed by atoms with Crippen LogP contribution in [0.4, 0.5) is 5.95 Å². The van der Waals surface area contributed by atoms with Crippen molar-refractivity contribution in [2.24, 2.45) is 0 Å². The molecule has 1 aliphatic heterocycles. The zero-order valence-corrected chi connectivity index (χ0v) is 10.8. The second-order valence-electron chi connectivity index (χ2n) is 4.53. The quantitative estimate of drug-likeness (QED) is 0.657. The molecule has 2 aromatic rings. The molecule has 9 heteroatoms. The Bertz CT molecular complexity index is 631. The number of ether oxygens (including phenoxy) is 2. The van der Waals surface area contributed by atoms with Crippen LogP contribution >= 0.6 is 0 Å². The smallest absolute Gasteiger partial charge is 0.229 e. The molecular weight excluding hydrogens is 266 g/mol. The molecule has 0 radical (unpaired) electrons. The SMILES string of the molecule is COc1nc(N)nc2c1cnn2[C@H]1C[C@H](O)[C@@H](CO)O1. The zero-order chi connectivity index (χ0) is 14.3. The van der Waals surface area contributed by atoms with Crippen LogP contribution in [0.5, 0.6) is 5.88 Å². The summed E-state index contributed by atoms with van der Waals surface area (Å²) in [6.45, 7) is -0.253. The Morgan fingerprint density at radius 1 is 1.55 bits per heavy atom. The van der Waals surface area contributed by atoms with Crippen LogP contribution in [0.25, 0.3) is 11.0 Å². The fourth-order valence-corrected chi connectivity index (χ4v) is 2.31. The maximum atomic E-state index is 9.78. The number of nitrogens with zero attached hydrogens (tertiary/aromatic N) is 4. The van der Waals surface area contributed by atoms with E-state index in [4.69, 9.17) is 20.3 Å². The molecule has 3 rings (SSSR count). The van der Waals surface area contributed by atoms with E-state index in [1.807, 2.05) is 0 Å². The van der Waals surface area contributed by atoms with Crippen LogP contribution in [0.3, 0.4) is 0 Å². The lowest BCUT2D eigenvalue weighted by molar-refractivity contribution is -0.0470. The Morgan fingerprint density at radius 2 is 2.35 bits per heavy atom. The minimum atomic E-state index is -0.745. The van der Waals surface area contributed by atoms with Gasteiger partial charge in [0.25, 0.3) is 0 Å². The lowest BCUT2D eigenvalue weighted by Crippen LogP contribution is -2.24. The molecule has 0 aliphatic carbocycles. The Balaban J connectivity index is 2.03. The van der Waals surface area contributed by atoms with Gasteiger partial charge in [0.05, 0.1) is 26.0 Å². The van der Waals surface area contributed by atoms with E-state index in [1.165, 1.54) is 11.8 Å². The second-order valence-corrected chi connectivity index (χ2v) is 4.53. The molecular formula is C11H15N5O4. The number of aliphatic hydroxyl groups excluding tert-OH is 2. The van der Waals surface area contributed by atoms with Crippen molar-refractivity contribution in [3.05, 3.63) is 6.20 Å². The standard InChI is InChI=1S/C11H15N5O4/c1-19-10-5-3-13-16(9(5)14-11(12)15-10)8-2-6(18)7(4-17)20-8/h3,6-8,17-18H,2,4H2,1H3,(H2,12,14,15)/t6-,7+,8+/m0/s1. The number of aromatic nitrogens is 4. The van der Waals surface area contributed by atoms with E-state index in [1.54, 1.807) is 6.20 Å². The van der Waals surface area contributed by atoms with Crippen LogP contribution in [-0.2, 0) is 4.74 Å². The largest absolute Gasteiger partial charge is 0.480 e. The number of methoxy groups -OCH3 is 1. The van der Waals surface area contributed by atoms with Gasteiger partial charge in [0.2, 0.25) is 11.8 Å². The van der Waals surface area contributed by atoms with E-state index >= 15 is 0 Å². The number of rotatable bonds is 3. The van der Waals surface area contributed by atoms with Crippen LogP contribution < -0.4 is 10.5 Å². The molecule has 0 saturated carbocycles. The summed E-state index contributed by atoms with van der Waals surface area (Å²) in [5.74, 6) is 0.393. The van der Waals surface area contributed by atoms with E-state index < -0.39 is 18.4 Å². The van der Waals surface area contributed by atoms with E-state index in [0.717, 1.165) is 0 Å². The van der Waals surface area contributed by atoms with Crippen molar-refractivity contribution in [1.82, 2.24) is 19.7 Å². The molecule has 4 N–H and O–H groups in total. The summed E-state index contributed by atoms with van der Waals surface area (Å²) in [6.07, 6.45) is -0.0200. The number of fused-ring (bicyclic) bond motifs is 1. The van der Waals surface area contributed by atoms with Crippen molar-refractivity contribution in [2.45, 2.75) is 24.9 Å². The third-order valence-electron chi connectivity index (χ3n) is 3.29. The third kappa shape index (κ3) is 1.96. The minimum absolute atomic E-state index is 0.0633. The van der Waals surface area contributed by atoms with Gasteiger partial charge in [-0.15, -0.1) is 0 Å². The molecule has 9 nitrogen and oxygen atoms in total. The van der Waals surface area contributed by atoms with Crippen LogP contribution in [0.1, 0.15) is 12.6 Å². The van der Waals surface area contributed by atoms with Crippen molar-refractivity contribution < 1.29 is 19.7 Å². The number of nitrogen functional groups attached to an aromatic ring is 1. The molecule has 108 valence electrons. The van der Waals surface area contributed by atoms with Gasteiger partial charge >= 0.3 is 0 Å². The molecule has 2 aromatic heterocycles. The Labute approximate surface area is 113 Å². The zero-order valence-electron chi connectivity index (χ0n) is 10.8. The highest BCUT2D eigenvalue weighted by Gasteiger charge is 2.36. The Hall–Kier alpha value is -1.97. The van der Waals surface area contributed by atoms with E-state index in [2.05, 4.69) is 15.1 Å². The molecule has 0 amide bonds. The first-order chi connectivity index (χ1) is 9.63. The maximum Gasteiger partial charge on any atom is 0.229 e. The number of nitrogens with two attached hydrogens (primary N) is 1. The second kappa shape index (κ2) is 4.85. The van der Waals surface area contributed by atoms with E-state index in [0.29, 0.717) is 23.3 Å². The van der Waals surface area contributed by atoms with Gasteiger partial charge in [0.15, 0.2) is 11.9 Å². The van der Waals surface area contributed by atoms with Gasteiger partial charge in [0.1, 0.15) is 11.5 Å². The van der Waals surface area contributed by atoms with Crippen molar-refractivity contribution in [1.29, 1.82) is 0 Å². The predicted molar refractivity (Wildman–Crippen MR) is 67.9 cm³/mol. The Morgan fingerprint density at radius 3 is 3.00 bits per heavy atom. The molecule has 0 spiro atoms. The fraction of sp³-hybridized carbons (Fsp3) is 0.545. The summed E-state index contributed by atoms with van der Waals surface area (Å²) in [7, 11) is 1.48. The van der Waals surface area contributed by atoms with Crippen molar-refractivity contribution in [3.8, 4) is 5.88 Å². The van der Waals surface area contributed by atoms with Crippen molar-refractivity contribution in [3.63, 3.8) is 0 Å². The average molecular weight is 281 g/mol. The lowest BCUT2D eigenvalue weighted by Gasteiger charge is -2.13. The molecule has 20 heavy (non-hydrogen) atoms. The average Bonchev–Trinajstić information content (AvgIpc) is 3.00. The molecule has 0 bridgehead atoms. The van der Waals surface area contributed by atoms with E-state index in [-0.39, 0.29) is 12.6 Å². The highest BCUT2D eigenvalue weighted by Crippen LogP contribution is 2.32. The summed E-state index contributed by atoms with van der Waals surface area (Å²) in [6, 6.07) is 0. The highest BCUT2D eigenvalue weighted by atomic mass is 16.5. The minimum Gasteiger partial charge on any atom is -0.480 e. The molecule has 1 fully saturated rings. The number of hydrogen-bond donors (Lipinski definition) is 3. The molecule has 3 atom stereocenters. The first-order valence-corrected chi connectivity index (χ1v) is 6.13. The molecule has 3 heterocycles. The number of hydrogen-bond acceptors (Lipinski definition) is 8. The van der Waals surface area contributed by atoms with Gasteiger partial charge < -0.3 is 25.4 Å². The first-order valence-electron chi connectivity index (χ1n) is 6.13. The summed E-state index contributed by atoms with van der Waals surface area (Å²) in [5.41, 5.74) is 6.10. The van der Waals surface area contributed by atoms with Gasteiger partial charge in [0, 0.05) is 6.42 Å². The molecule has 1 saturated heterocycles. The number of aliphatic hydroxyl groups is 2. The van der Waals surface area contributed by atoms with Gasteiger partial charge in [-0.05, 0) is 0 Å². The van der Waals surface area contributed by atoms with Gasteiger partial charge in [-0.1, -0.05) is 0 Å². The normalized spacial score (nSPS) is 26.2. The highest BCUT2D eigenvalue weighted by molar-refractivity contribution is 5.81. The monoisotopic (exact) mass is 281 g/mol. The Kier molecular flexibility index (Phi) is 3.16. The predicted octanol–water partition coefficient (Wildman–Crippen LogP) is -0.942. The van der Waals surface area contributed by atoms with Crippen molar-refractivity contribution >= 4 is 17.0 Å². The van der Waals surface area contributed by atoms with Crippen LogP contribution in [0.15, 0.2) is 6.20 Å². The summed E-state index contributed by atoms with van der Waals surface area (Å²) in [5, 5.41) is 23.7. The molecule has 0 aromatic carbocycles.